The molecule has 0 atom stereocenters. The van der Waals surface area contributed by atoms with Crippen molar-refractivity contribution in [2.45, 2.75) is 19.1 Å². The van der Waals surface area contributed by atoms with Gasteiger partial charge in [0.05, 0.1) is 16.9 Å². The minimum absolute atomic E-state index is 0. The van der Waals surface area contributed by atoms with Crippen molar-refractivity contribution in [1.29, 1.82) is 0 Å². The molecule has 0 spiro atoms. The number of nitrogens with zero attached hydrogens (tertiary/aromatic N) is 2. The van der Waals surface area contributed by atoms with Crippen molar-refractivity contribution in [3.05, 3.63) is 106 Å². The van der Waals surface area contributed by atoms with Crippen LogP contribution < -0.4 is 4.80 Å². The lowest BCUT2D eigenvalue weighted by Crippen LogP contribution is -2.17. The molecule has 0 fully saturated rings. The Balaban J connectivity index is 0.00000289. The summed E-state index contributed by atoms with van der Waals surface area (Å²) in [5.74, 6) is -0.330. The number of hydrogen-bond donors (Lipinski definition) is 0. The number of rotatable bonds is 5. The molecular formula is C24H19BrF4N2S. The number of benzene rings is 3. The Morgan fingerprint density at radius 1 is 0.875 bits per heavy atom. The molecule has 0 aliphatic heterocycles. The highest BCUT2D eigenvalue weighted by atomic mass is 79.9. The highest BCUT2D eigenvalue weighted by Crippen LogP contribution is 2.31. The number of halogens is 5. The normalized spacial score (nSPS) is 11.9. The molecule has 0 bridgehead atoms. The van der Waals surface area contributed by atoms with Gasteiger partial charge in [-0.05, 0) is 60.0 Å². The lowest BCUT2D eigenvalue weighted by Gasteiger charge is -2.10. The van der Waals surface area contributed by atoms with Crippen molar-refractivity contribution in [2.75, 3.05) is 0 Å². The van der Waals surface area contributed by atoms with Gasteiger partial charge in [-0.3, -0.25) is 0 Å². The average Bonchev–Trinajstić information content (AvgIpc) is 3.15. The monoisotopic (exact) mass is 522 g/mol. The first-order chi connectivity index (χ1) is 14.9. The molecule has 32 heavy (non-hydrogen) atoms. The number of hydrogen-bond acceptors (Lipinski definition) is 2. The van der Waals surface area contributed by atoms with Crippen LogP contribution in [-0.2, 0) is 19.1 Å². The van der Waals surface area contributed by atoms with Crippen LogP contribution in [0.3, 0.4) is 0 Å². The van der Waals surface area contributed by atoms with Gasteiger partial charge in [-0.25, -0.2) is 9.38 Å². The molecule has 4 aromatic rings. The van der Waals surface area contributed by atoms with Gasteiger partial charge >= 0.3 is 6.18 Å². The Morgan fingerprint density at radius 2 is 1.59 bits per heavy atom. The smallest absolute Gasteiger partial charge is 0.316 e. The third kappa shape index (κ3) is 5.75. The molecule has 1 aromatic heterocycles. The van der Waals surface area contributed by atoms with Crippen LogP contribution in [0.25, 0.3) is 11.3 Å². The molecule has 2 nitrogen and oxygen atoms in total. The zero-order chi connectivity index (χ0) is 21.8. The van der Waals surface area contributed by atoms with Gasteiger partial charge in [0.2, 0.25) is 0 Å². The van der Waals surface area contributed by atoms with E-state index in [0.717, 1.165) is 35.4 Å². The van der Waals surface area contributed by atoms with Crippen LogP contribution in [0.1, 0.15) is 11.1 Å². The highest BCUT2D eigenvalue weighted by Gasteiger charge is 2.30. The zero-order valence-corrected chi connectivity index (χ0v) is 19.2. The maximum absolute atomic E-state index is 13.4. The van der Waals surface area contributed by atoms with E-state index in [0.29, 0.717) is 11.3 Å². The minimum atomic E-state index is -4.43. The molecule has 0 radical (unpaired) electrons. The van der Waals surface area contributed by atoms with Crippen molar-refractivity contribution in [3.8, 4) is 11.3 Å². The number of thiazole rings is 1. The number of aromatic nitrogens is 1. The fourth-order valence-corrected chi connectivity index (χ4v) is 4.19. The Hall–Kier alpha value is -2.71. The van der Waals surface area contributed by atoms with Gasteiger partial charge in [-0.15, -0.1) is 28.3 Å². The van der Waals surface area contributed by atoms with Gasteiger partial charge in [0.15, 0.2) is 4.80 Å². The Morgan fingerprint density at radius 3 is 2.28 bits per heavy atom. The summed E-state index contributed by atoms with van der Waals surface area (Å²) in [6.07, 6.45) is -3.70. The molecule has 0 aliphatic carbocycles. The van der Waals surface area contributed by atoms with Crippen molar-refractivity contribution in [3.63, 3.8) is 0 Å². The van der Waals surface area contributed by atoms with Crippen molar-refractivity contribution < 1.29 is 17.6 Å². The lowest BCUT2D eigenvalue weighted by atomic mass is 10.1. The van der Waals surface area contributed by atoms with E-state index in [-0.39, 0.29) is 28.5 Å². The standard InChI is InChI=1S/C24H18F4N2S.BrH/c25-20-11-9-18(10-12-20)22-16-31-23(30(22)14-13-17-5-2-1-3-6-17)29-21-8-4-7-19(15-21)24(26,27)28;/h1-12,15-16H,13-14H2;1H. The zero-order valence-electron chi connectivity index (χ0n) is 16.7. The molecule has 3 aromatic carbocycles. The first kappa shape index (κ1) is 23.9. The molecule has 1 heterocycles. The molecule has 8 heteroatoms. The van der Waals surface area contributed by atoms with Gasteiger partial charge in [-0.1, -0.05) is 36.4 Å². The second-order valence-electron chi connectivity index (χ2n) is 6.96. The van der Waals surface area contributed by atoms with Crippen molar-refractivity contribution in [1.82, 2.24) is 4.57 Å². The Kier molecular flexibility index (Phi) is 7.69. The van der Waals surface area contributed by atoms with E-state index in [1.54, 1.807) is 18.2 Å². The third-order valence-electron chi connectivity index (χ3n) is 4.80. The summed E-state index contributed by atoms with van der Waals surface area (Å²) in [7, 11) is 0. The van der Waals surface area contributed by atoms with E-state index >= 15 is 0 Å². The summed E-state index contributed by atoms with van der Waals surface area (Å²) in [5, 5.41) is 1.89. The summed E-state index contributed by atoms with van der Waals surface area (Å²) in [6, 6.07) is 21.0. The van der Waals surface area contributed by atoms with Crippen LogP contribution in [0.2, 0.25) is 0 Å². The third-order valence-corrected chi connectivity index (χ3v) is 5.67. The molecule has 4 rings (SSSR count). The van der Waals surface area contributed by atoms with Crippen molar-refractivity contribution in [2.24, 2.45) is 4.99 Å². The van der Waals surface area contributed by atoms with Gasteiger partial charge < -0.3 is 4.57 Å². The highest BCUT2D eigenvalue weighted by molar-refractivity contribution is 8.93. The van der Waals surface area contributed by atoms with Gasteiger partial charge in [0.25, 0.3) is 0 Å². The second kappa shape index (κ2) is 10.3. The van der Waals surface area contributed by atoms with Gasteiger partial charge in [-0.2, -0.15) is 13.2 Å². The van der Waals surface area contributed by atoms with Crippen LogP contribution >= 0.6 is 28.3 Å². The topological polar surface area (TPSA) is 17.3 Å². The summed E-state index contributed by atoms with van der Waals surface area (Å²) in [6.45, 7) is 0.581. The Labute approximate surface area is 197 Å². The van der Waals surface area contributed by atoms with Gasteiger partial charge in [0.1, 0.15) is 5.82 Å². The predicted molar refractivity (Wildman–Crippen MR) is 125 cm³/mol. The molecular weight excluding hydrogens is 504 g/mol. The van der Waals surface area contributed by atoms with Crippen LogP contribution in [0.5, 0.6) is 0 Å². The summed E-state index contributed by atoms with van der Waals surface area (Å²) in [5.41, 5.74) is 2.29. The molecule has 0 saturated carbocycles. The number of alkyl halides is 3. The quantitative estimate of drug-likeness (QED) is 0.242. The van der Waals surface area contributed by atoms with E-state index in [1.165, 1.54) is 29.5 Å². The van der Waals surface area contributed by atoms with Crippen LogP contribution in [0.4, 0.5) is 23.2 Å². The van der Waals surface area contributed by atoms with E-state index in [2.05, 4.69) is 4.99 Å². The van der Waals surface area contributed by atoms with E-state index in [1.807, 2.05) is 40.3 Å². The predicted octanol–water partition coefficient (Wildman–Crippen LogP) is 7.43. The minimum Gasteiger partial charge on any atom is -0.316 e. The van der Waals surface area contributed by atoms with E-state index in [9.17, 15) is 17.6 Å². The van der Waals surface area contributed by atoms with Crippen LogP contribution in [-0.4, -0.2) is 4.57 Å². The second-order valence-corrected chi connectivity index (χ2v) is 7.79. The summed E-state index contributed by atoms with van der Waals surface area (Å²) >= 11 is 1.34. The summed E-state index contributed by atoms with van der Waals surface area (Å²) < 4.78 is 54.6. The fraction of sp³-hybridized carbons (Fsp3) is 0.125. The number of aryl methyl sites for hydroxylation is 1. The molecule has 0 aliphatic rings. The maximum Gasteiger partial charge on any atom is 0.416 e. The van der Waals surface area contributed by atoms with E-state index in [4.69, 9.17) is 0 Å². The fourth-order valence-electron chi connectivity index (χ4n) is 3.23. The van der Waals surface area contributed by atoms with Gasteiger partial charge in [0, 0.05) is 11.9 Å². The maximum atomic E-state index is 13.4. The molecule has 0 unspecified atom stereocenters. The molecule has 0 N–H and O–H groups in total. The average molecular weight is 523 g/mol. The first-order valence-electron chi connectivity index (χ1n) is 9.60. The SMILES string of the molecule is Br.Fc1ccc(-c2csc(=Nc3cccc(C(F)(F)F)c3)n2CCc2ccccc2)cc1. The molecule has 166 valence electrons. The molecule has 0 saturated heterocycles. The summed E-state index contributed by atoms with van der Waals surface area (Å²) in [4.78, 5) is 5.08. The van der Waals surface area contributed by atoms with E-state index < -0.39 is 11.7 Å². The van der Waals surface area contributed by atoms with Crippen molar-refractivity contribution >= 4 is 34.0 Å². The van der Waals surface area contributed by atoms with Crippen LogP contribution in [0.15, 0.2) is 89.2 Å². The lowest BCUT2D eigenvalue weighted by molar-refractivity contribution is -0.137. The largest absolute Gasteiger partial charge is 0.416 e. The Bertz CT molecular complexity index is 1230. The molecule has 0 amide bonds. The first-order valence-corrected chi connectivity index (χ1v) is 10.5. The van der Waals surface area contributed by atoms with Crippen LogP contribution in [0, 0.1) is 5.82 Å².